The van der Waals surface area contributed by atoms with Crippen LogP contribution in [0.3, 0.4) is 0 Å². The standard InChI is InChI=1S/C25H17BrN2O3/c1-16-21(13-20-11-12-23(31-20)18-7-9-19(26)10-8-18)24(29)28(25(30)22(16)14-27)15-17-5-3-2-4-6-17/h2-13H,15H2,1H3/b21-13+. The number of carbonyl (C=O) groups is 2. The number of imide groups is 1. The zero-order valence-electron chi connectivity index (χ0n) is 16.6. The number of hydrogen-bond donors (Lipinski definition) is 0. The number of nitriles is 1. The molecule has 3 aromatic rings. The maximum Gasteiger partial charge on any atom is 0.271 e. The summed E-state index contributed by atoms with van der Waals surface area (Å²) >= 11 is 3.41. The smallest absolute Gasteiger partial charge is 0.271 e. The van der Waals surface area contributed by atoms with Gasteiger partial charge in [0.05, 0.1) is 6.54 Å². The van der Waals surface area contributed by atoms with Crippen molar-refractivity contribution in [3.05, 3.63) is 99.2 Å². The number of amides is 2. The average molecular weight is 473 g/mol. The van der Waals surface area contributed by atoms with Gasteiger partial charge in [0, 0.05) is 15.6 Å². The van der Waals surface area contributed by atoms with Crippen molar-refractivity contribution in [2.24, 2.45) is 0 Å². The van der Waals surface area contributed by atoms with E-state index >= 15 is 0 Å². The van der Waals surface area contributed by atoms with Gasteiger partial charge in [0.15, 0.2) is 0 Å². The Bertz CT molecular complexity index is 1260. The summed E-state index contributed by atoms with van der Waals surface area (Å²) in [5, 5.41) is 9.54. The first-order valence-electron chi connectivity index (χ1n) is 9.57. The molecule has 0 N–H and O–H groups in total. The van der Waals surface area contributed by atoms with E-state index in [4.69, 9.17) is 4.42 Å². The summed E-state index contributed by atoms with van der Waals surface area (Å²) in [5.74, 6) is 0.0850. The Morgan fingerprint density at radius 1 is 1.00 bits per heavy atom. The molecule has 2 heterocycles. The summed E-state index contributed by atoms with van der Waals surface area (Å²) < 4.78 is 6.87. The van der Waals surface area contributed by atoms with Crippen molar-refractivity contribution < 1.29 is 14.0 Å². The highest BCUT2D eigenvalue weighted by molar-refractivity contribution is 9.10. The lowest BCUT2D eigenvalue weighted by Crippen LogP contribution is -2.42. The maximum absolute atomic E-state index is 13.2. The fraction of sp³-hybridized carbons (Fsp3) is 0.0800. The lowest BCUT2D eigenvalue weighted by atomic mass is 9.94. The quantitative estimate of drug-likeness (QED) is 0.371. The Labute approximate surface area is 188 Å². The second kappa shape index (κ2) is 8.58. The van der Waals surface area contributed by atoms with E-state index in [1.807, 2.05) is 66.7 Å². The van der Waals surface area contributed by atoms with Crippen LogP contribution < -0.4 is 0 Å². The topological polar surface area (TPSA) is 74.3 Å². The highest BCUT2D eigenvalue weighted by Crippen LogP contribution is 2.30. The number of benzene rings is 2. The molecule has 1 aliphatic heterocycles. The molecule has 0 atom stereocenters. The molecular formula is C25H17BrN2O3. The van der Waals surface area contributed by atoms with Gasteiger partial charge >= 0.3 is 0 Å². The maximum atomic E-state index is 13.2. The highest BCUT2D eigenvalue weighted by Gasteiger charge is 2.35. The van der Waals surface area contributed by atoms with E-state index < -0.39 is 11.8 Å². The molecule has 2 amide bonds. The molecule has 1 aromatic heterocycles. The van der Waals surface area contributed by atoms with Crippen molar-refractivity contribution in [2.75, 3.05) is 0 Å². The van der Waals surface area contributed by atoms with E-state index in [2.05, 4.69) is 15.9 Å². The molecule has 2 aromatic carbocycles. The van der Waals surface area contributed by atoms with Crippen LogP contribution in [0.4, 0.5) is 0 Å². The monoisotopic (exact) mass is 472 g/mol. The van der Waals surface area contributed by atoms with Crippen LogP contribution in [0.2, 0.25) is 0 Å². The third-order valence-electron chi connectivity index (χ3n) is 5.05. The van der Waals surface area contributed by atoms with E-state index in [1.54, 1.807) is 19.1 Å². The summed E-state index contributed by atoms with van der Waals surface area (Å²) in [4.78, 5) is 27.0. The number of furan rings is 1. The number of carbonyl (C=O) groups excluding carboxylic acids is 2. The minimum absolute atomic E-state index is 0.0403. The van der Waals surface area contributed by atoms with Crippen molar-refractivity contribution in [3.8, 4) is 17.4 Å². The molecule has 0 saturated heterocycles. The van der Waals surface area contributed by atoms with Crippen LogP contribution >= 0.6 is 15.9 Å². The molecule has 0 unspecified atom stereocenters. The van der Waals surface area contributed by atoms with Crippen LogP contribution in [0.5, 0.6) is 0 Å². The Hall–Kier alpha value is -3.69. The van der Waals surface area contributed by atoms with E-state index in [1.165, 1.54) is 0 Å². The zero-order valence-corrected chi connectivity index (χ0v) is 18.2. The molecule has 0 aliphatic carbocycles. The van der Waals surface area contributed by atoms with Crippen LogP contribution in [-0.2, 0) is 16.1 Å². The van der Waals surface area contributed by atoms with Gasteiger partial charge in [-0.25, -0.2) is 0 Å². The van der Waals surface area contributed by atoms with Gasteiger partial charge < -0.3 is 4.42 Å². The lowest BCUT2D eigenvalue weighted by Gasteiger charge is -2.27. The molecule has 4 rings (SSSR count). The van der Waals surface area contributed by atoms with Gasteiger partial charge in [0.1, 0.15) is 23.2 Å². The second-order valence-corrected chi connectivity index (χ2v) is 7.98. The SMILES string of the molecule is CC1=C(C#N)C(=O)N(Cc2ccccc2)C(=O)/C1=C/c1ccc(-c2ccc(Br)cc2)o1. The summed E-state index contributed by atoms with van der Waals surface area (Å²) in [6.45, 7) is 1.70. The van der Waals surface area contributed by atoms with Crippen molar-refractivity contribution in [2.45, 2.75) is 13.5 Å². The van der Waals surface area contributed by atoms with Crippen molar-refractivity contribution in [1.29, 1.82) is 5.26 Å². The van der Waals surface area contributed by atoms with Crippen LogP contribution in [0, 0.1) is 11.3 Å². The minimum Gasteiger partial charge on any atom is -0.457 e. The number of rotatable bonds is 4. The fourth-order valence-corrected chi connectivity index (χ4v) is 3.65. The molecule has 5 nitrogen and oxygen atoms in total. The molecule has 31 heavy (non-hydrogen) atoms. The van der Waals surface area contributed by atoms with Gasteiger partial charge in [-0.05, 0) is 48.4 Å². The summed E-state index contributed by atoms with van der Waals surface area (Å²) in [6.07, 6.45) is 1.59. The molecule has 0 fully saturated rings. The zero-order chi connectivity index (χ0) is 22.0. The highest BCUT2D eigenvalue weighted by atomic mass is 79.9. The van der Waals surface area contributed by atoms with Crippen molar-refractivity contribution >= 4 is 33.8 Å². The Balaban J connectivity index is 1.71. The average Bonchev–Trinajstić information content (AvgIpc) is 3.24. The molecule has 0 saturated carbocycles. The predicted molar refractivity (Wildman–Crippen MR) is 120 cm³/mol. The number of hydrogen-bond acceptors (Lipinski definition) is 4. The number of nitrogens with zero attached hydrogens (tertiary/aromatic N) is 2. The predicted octanol–water partition coefficient (Wildman–Crippen LogP) is 5.50. The largest absolute Gasteiger partial charge is 0.457 e. The van der Waals surface area contributed by atoms with E-state index in [-0.39, 0.29) is 17.7 Å². The normalized spacial score (nSPS) is 15.5. The van der Waals surface area contributed by atoms with Crippen molar-refractivity contribution in [1.82, 2.24) is 4.90 Å². The first-order valence-corrected chi connectivity index (χ1v) is 10.4. The number of halogens is 1. The first-order chi connectivity index (χ1) is 15.0. The van der Waals surface area contributed by atoms with Crippen LogP contribution in [0.15, 0.2) is 92.3 Å². The molecule has 152 valence electrons. The van der Waals surface area contributed by atoms with Crippen LogP contribution in [0.25, 0.3) is 17.4 Å². The molecule has 6 heteroatoms. The Kier molecular flexibility index (Phi) is 5.70. The van der Waals surface area contributed by atoms with Gasteiger partial charge in [-0.2, -0.15) is 5.26 Å². The van der Waals surface area contributed by atoms with Crippen LogP contribution in [0.1, 0.15) is 18.2 Å². The summed E-state index contributed by atoms with van der Waals surface area (Å²) in [7, 11) is 0. The van der Waals surface area contributed by atoms with E-state index in [9.17, 15) is 14.9 Å². The van der Waals surface area contributed by atoms with Gasteiger partial charge in [0.25, 0.3) is 11.8 Å². The Morgan fingerprint density at radius 2 is 1.71 bits per heavy atom. The first kappa shape index (κ1) is 20.6. The lowest BCUT2D eigenvalue weighted by molar-refractivity contribution is -0.141. The van der Waals surface area contributed by atoms with Gasteiger partial charge in [0.2, 0.25) is 0 Å². The molecular weight excluding hydrogens is 456 g/mol. The minimum atomic E-state index is -0.582. The Morgan fingerprint density at radius 3 is 2.39 bits per heavy atom. The molecule has 1 aliphatic rings. The van der Waals surface area contributed by atoms with Crippen molar-refractivity contribution in [3.63, 3.8) is 0 Å². The van der Waals surface area contributed by atoms with Gasteiger partial charge in [-0.15, -0.1) is 0 Å². The third kappa shape index (κ3) is 4.14. The molecule has 0 spiro atoms. The van der Waals surface area contributed by atoms with Gasteiger partial charge in [-0.3, -0.25) is 14.5 Å². The van der Waals surface area contributed by atoms with Crippen LogP contribution in [-0.4, -0.2) is 16.7 Å². The van der Waals surface area contributed by atoms with Gasteiger partial charge in [-0.1, -0.05) is 58.4 Å². The third-order valence-corrected chi connectivity index (χ3v) is 5.58. The fourth-order valence-electron chi connectivity index (χ4n) is 3.38. The second-order valence-electron chi connectivity index (χ2n) is 7.06. The molecule has 0 bridgehead atoms. The summed E-state index contributed by atoms with van der Waals surface area (Å²) in [5.41, 5.74) is 2.28. The molecule has 0 radical (unpaired) electrons. The van der Waals surface area contributed by atoms with E-state index in [0.717, 1.165) is 20.5 Å². The van der Waals surface area contributed by atoms with E-state index in [0.29, 0.717) is 17.1 Å². The summed E-state index contributed by atoms with van der Waals surface area (Å²) in [6, 6.07) is 22.4.